The van der Waals surface area contributed by atoms with Crippen molar-refractivity contribution < 1.29 is 14.6 Å². The van der Waals surface area contributed by atoms with E-state index in [1.165, 1.54) is 0 Å². The lowest BCUT2D eigenvalue weighted by molar-refractivity contribution is -0.124. The Morgan fingerprint density at radius 2 is 1.86 bits per heavy atom. The number of aliphatic hydroxyl groups excluding tert-OH is 1. The summed E-state index contributed by atoms with van der Waals surface area (Å²) >= 11 is 0. The molecule has 0 aliphatic heterocycles. The number of carbonyl (C=O) groups excluding carboxylic acids is 1. The van der Waals surface area contributed by atoms with Crippen molar-refractivity contribution in [2.45, 2.75) is 45.6 Å². The maximum absolute atomic E-state index is 12.0. The van der Waals surface area contributed by atoms with Crippen molar-refractivity contribution in [3.05, 3.63) is 29.3 Å². The molecule has 2 rings (SSSR count). The molecule has 0 saturated heterocycles. The SMILES string of the molecule is Cc1cccc(C)c1OCC(=O)NC1CCC(CO)CC1. The first kappa shape index (κ1) is 15.8. The second-order valence-corrected chi connectivity index (χ2v) is 5.98. The van der Waals surface area contributed by atoms with Crippen LogP contribution in [0.4, 0.5) is 0 Å². The third-order valence-electron chi connectivity index (χ3n) is 4.23. The summed E-state index contributed by atoms with van der Waals surface area (Å²) in [6.45, 7) is 4.29. The second kappa shape index (κ2) is 7.46. The standard InChI is InChI=1S/C17H25NO3/c1-12-4-3-5-13(2)17(12)21-11-16(20)18-15-8-6-14(10-19)7-9-15/h3-5,14-15,19H,6-11H2,1-2H3,(H,18,20). The number of rotatable bonds is 5. The average molecular weight is 291 g/mol. The molecule has 21 heavy (non-hydrogen) atoms. The van der Waals surface area contributed by atoms with Gasteiger partial charge in [0.2, 0.25) is 0 Å². The van der Waals surface area contributed by atoms with Crippen LogP contribution in [0.5, 0.6) is 5.75 Å². The van der Waals surface area contributed by atoms with Crippen molar-refractivity contribution in [3.8, 4) is 5.75 Å². The summed E-state index contributed by atoms with van der Waals surface area (Å²) in [7, 11) is 0. The highest BCUT2D eigenvalue weighted by atomic mass is 16.5. The molecule has 0 aromatic heterocycles. The molecule has 1 aromatic rings. The van der Waals surface area contributed by atoms with Crippen molar-refractivity contribution >= 4 is 5.91 Å². The lowest BCUT2D eigenvalue weighted by atomic mass is 9.86. The Balaban J connectivity index is 1.78. The van der Waals surface area contributed by atoms with Crippen molar-refractivity contribution in [2.24, 2.45) is 5.92 Å². The number of amides is 1. The molecular formula is C17H25NO3. The third kappa shape index (κ3) is 4.46. The summed E-state index contributed by atoms with van der Waals surface area (Å²) in [5.41, 5.74) is 2.09. The van der Waals surface area contributed by atoms with Gasteiger partial charge in [-0.1, -0.05) is 18.2 Å². The molecule has 1 aliphatic rings. The molecule has 0 bridgehead atoms. The Labute approximate surface area is 126 Å². The molecule has 4 heteroatoms. The van der Waals surface area contributed by atoms with E-state index in [1.54, 1.807) is 0 Å². The number of hydrogen-bond acceptors (Lipinski definition) is 3. The highest BCUT2D eigenvalue weighted by molar-refractivity contribution is 5.77. The van der Waals surface area contributed by atoms with Crippen LogP contribution in [0.15, 0.2) is 18.2 Å². The molecule has 116 valence electrons. The van der Waals surface area contributed by atoms with Crippen LogP contribution in [0.25, 0.3) is 0 Å². The highest BCUT2D eigenvalue weighted by Gasteiger charge is 2.22. The number of carbonyl (C=O) groups is 1. The fourth-order valence-electron chi connectivity index (χ4n) is 2.92. The van der Waals surface area contributed by atoms with Crippen LogP contribution in [-0.2, 0) is 4.79 Å². The summed E-state index contributed by atoms with van der Waals surface area (Å²) in [6.07, 6.45) is 3.86. The number of para-hydroxylation sites is 1. The van der Waals surface area contributed by atoms with Gasteiger partial charge in [-0.3, -0.25) is 4.79 Å². The molecule has 1 amide bonds. The van der Waals surface area contributed by atoms with Gasteiger partial charge in [-0.25, -0.2) is 0 Å². The van der Waals surface area contributed by atoms with Crippen LogP contribution in [0.2, 0.25) is 0 Å². The number of aryl methyl sites for hydroxylation is 2. The smallest absolute Gasteiger partial charge is 0.258 e. The van der Waals surface area contributed by atoms with E-state index in [0.717, 1.165) is 42.6 Å². The van der Waals surface area contributed by atoms with E-state index >= 15 is 0 Å². The maximum atomic E-state index is 12.0. The lowest BCUT2D eigenvalue weighted by Crippen LogP contribution is -2.40. The minimum Gasteiger partial charge on any atom is -0.483 e. The van der Waals surface area contributed by atoms with Crippen molar-refractivity contribution in [2.75, 3.05) is 13.2 Å². The molecule has 0 radical (unpaired) electrons. The van der Waals surface area contributed by atoms with Crippen LogP contribution in [0.3, 0.4) is 0 Å². The fourth-order valence-corrected chi connectivity index (χ4v) is 2.92. The quantitative estimate of drug-likeness (QED) is 0.875. The van der Waals surface area contributed by atoms with Gasteiger partial charge in [0.1, 0.15) is 5.75 Å². The summed E-state index contributed by atoms with van der Waals surface area (Å²) in [6, 6.07) is 6.17. The molecule has 2 N–H and O–H groups in total. The Hall–Kier alpha value is -1.55. The topological polar surface area (TPSA) is 58.6 Å². The second-order valence-electron chi connectivity index (χ2n) is 5.98. The normalized spacial score (nSPS) is 21.9. The Morgan fingerprint density at radius 1 is 1.24 bits per heavy atom. The zero-order chi connectivity index (χ0) is 15.2. The van der Waals surface area contributed by atoms with Gasteiger partial charge in [0.15, 0.2) is 6.61 Å². The van der Waals surface area contributed by atoms with Crippen molar-refractivity contribution in [1.29, 1.82) is 0 Å². The van der Waals surface area contributed by atoms with E-state index < -0.39 is 0 Å². The first-order valence-electron chi connectivity index (χ1n) is 7.69. The van der Waals surface area contributed by atoms with E-state index in [2.05, 4.69) is 5.32 Å². The predicted molar refractivity (Wildman–Crippen MR) is 82.4 cm³/mol. The van der Waals surface area contributed by atoms with Gasteiger partial charge in [-0.15, -0.1) is 0 Å². The summed E-state index contributed by atoms with van der Waals surface area (Å²) in [4.78, 5) is 12.0. The minimum atomic E-state index is -0.0647. The van der Waals surface area contributed by atoms with Gasteiger partial charge in [0.05, 0.1) is 0 Å². The molecule has 0 heterocycles. The predicted octanol–water partition coefficient (Wildman–Crippen LogP) is 2.35. The minimum absolute atomic E-state index is 0.0611. The average Bonchev–Trinajstić information content (AvgIpc) is 2.47. The lowest BCUT2D eigenvalue weighted by Gasteiger charge is -2.28. The van der Waals surface area contributed by atoms with Gasteiger partial charge >= 0.3 is 0 Å². The van der Waals surface area contributed by atoms with Gasteiger partial charge in [0.25, 0.3) is 5.91 Å². The van der Waals surface area contributed by atoms with E-state index in [4.69, 9.17) is 9.84 Å². The van der Waals surface area contributed by atoms with Gasteiger partial charge < -0.3 is 15.2 Å². The van der Waals surface area contributed by atoms with E-state index in [1.807, 2.05) is 32.0 Å². The molecule has 0 unspecified atom stereocenters. The Kier molecular flexibility index (Phi) is 5.62. The van der Waals surface area contributed by atoms with Crippen molar-refractivity contribution in [1.82, 2.24) is 5.32 Å². The molecular weight excluding hydrogens is 266 g/mol. The molecule has 4 nitrogen and oxygen atoms in total. The molecule has 1 saturated carbocycles. The molecule has 0 spiro atoms. The Morgan fingerprint density at radius 3 is 2.43 bits per heavy atom. The summed E-state index contributed by atoms with van der Waals surface area (Å²) in [5, 5.41) is 12.1. The van der Waals surface area contributed by atoms with Crippen LogP contribution < -0.4 is 10.1 Å². The first-order chi connectivity index (χ1) is 10.1. The third-order valence-corrected chi connectivity index (χ3v) is 4.23. The maximum Gasteiger partial charge on any atom is 0.258 e. The van der Waals surface area contributed by atoms with E-state index in [0.29, 0.717) is 5.92 Å². The van der Waals surface area contributed by atoms with Crippen molar-refractivity contribution in [3.63, 3.8) is 0 Å². The number of aliphatic hydroxyl groups is 1. The molecule has 1 fully saturated rings. The van der Waals surface area contributed by atoms with Crippen LogP contribution >= 0.6 is 0 Å². The van der Waals surface area contributed by atoms with Gasteiger partial charge in [-0.05, 0) is 56.6 Å². The number of benzene rings is 1. The summed E-state index contributed by atoms with van der Waals surface area (Å²) < 4.78 is 5.66. The Bertz CT molecular complexity index is 459. The van der Waals surface area contributed by atoms with Gasteiger partial charge in [-0.2, -0.15) is 0 Å². The van der Waals surface area contributed by atoms with Crippen LogP contribution in [-0.4, -0.2) is 30.3 Å². The van der Waals surface area contributed by atoms with Crippen LogP contribution in [0, 0.1) is 19.8 Å². The zero-order valence-electron chi connectivity index (χ0n) is 12.9. The van der Waals surface area contributed by atoms with E-state index in [9.17, 15) is 4.79 Å². The van der Waals surface area contributed by atoms with E-state index in [-0.39, 0.29) is 25.2 Å². The van der Waals surface area contributed by atoms with Gasteiger partial charge in [0, 0.05) is 12.6 Å². The number of nitrogens with one attached hydrogen (secondary N) is 1. The molecule has 1 aliphatic carbocycles. The zero-order valence-corrected chi connectivity index (χ0v) is 12.9. The largest absolute Gasteiger partial charge is 0.483 e. The first-order valence-corrected chi connectivity index (χ1v) is 7.69. The highest BCUT2D eigenvalue weighted by Crippen LogP contribution is 2.24. The number of ether oxygens (including phenoxy) is 1. The summed E-state index contributed by atoms with van der Waals surface area (Å²) in [5.74, 6) is 1.14. The number of hydrogen-bond donors (Lipinski definition) is 2. The fraction of sp³-hybridized carbons (Fsp3) is 0.588. The van der Waals surface area contributed by atoms with Crippen LogP contribution in [0.1, 0.15) is 36.8 Å². The monoisotopic (exact) mass is 291 g/mol. The molecule has 0 atom stereocenters. The molecule has 1 aromatic carbocycles.